The van der Waals surface area contributed by atoms with E-state index in [4.69, 9.17) is 0 Å². The lowest BCUT2D eigenvalue weighted by Gasteiger charge is -2.49. The summed E-state index contributed by atoms with van der Waals surface area (Å²) < 4.78 is 0. The van der Waals surface area contributed by atoms with Gasteiger partial charge in [-0.05, 0) is 29.2 Å². The van der Waals surface area contributed by atoms with Crippen LogP contribution in [-0.2, 0) is 4.79 Å². The number of carbonyl (C=O) groups is 1. The van der Waals surface area contributed by atoms with Crippen LogP contribution in [0.15, 0.2) is 12.2 Å². The molecule has 0 bridgehead atoms. The highest BCUT2D eigenvalue weighted by Crippen LogP contribution is 2.53. The van der Waals surface area contributed by atoms with Crippen molar-refractivity contribution in [3.63, 3.8) is 0 Å². The highest BCUT2D eigenvalue weighted by atomic mass is 16.4. The van der Waals surface area contributed by atoms with Gasteiger partial charge in [-0.2, -0.15) is 0 Å². The monoisotopic (exact) mass is 195 g/mol. The molecule has 1 aliphatic rings. The van der Waals surface area contributed by atoms with Crippen molar-refractivity contribution < 1.29 is 9.90 Å². The third kappa shape index (κ3) is 1.58. The van der Waals surface area contributed by atoms with Gasteiger partial charge in [-0.1, -0.05) is 40.2 Å². The Morgan fingerprint density at radius 3 is 2.14 bits per heavy atom. The predicted octanol–water partition coefficient (Wildman–Crippen LogP) is 1.90. The molecule has 0 saturated heterocycles. The van der Waals surface area contributed by atoms with Crippen LogP contribution in [0.25, 0.3) is 0 Å². The molecule has 0 spiro atoms. The molecule has 2 nitrogen and oxygen atoms in total. The Bertz CT molecular complexity index is 265. The third-order valence-electron chi connectivity index (χ3n) is 4.13. The zero-order valence-corrected chi connectivity index (χ0v) is 9.35. The average molecular weight is 195 g/mol. The van der Waals surface area contributed by atoms with Crippen LogP contribution < -0.4 is 5.11 Å². The van der Waals surface area contributed by atoms with Gasteiger partial charge < -0.3 is 9.90 Å². The van der Waals surface area contributed by atoms with E-state index in [0.29, 0.717) is 0 Å². The number of hydrogen-bond acceptors (Lipinski definition) is 2. The van der Waals surface area contributed by atoms with Crippen LogP contribution in [0.2, 0.25) is 0 Å². The number of aliphatic carboxylic acids is 1. The molecule has 2 heteroatoms. The zero-order chi connectivity index (χ0) is 11.0. The van der Waals surface area contributed by atoms with Gasteiger partial charge in [0.25, 0.3) is 0 Å². The molecule has 14 heavy (non-hydrogen) atoms. The van der Waals surface area contributed by atoms with Crippen LogP contribution in [0.5, 0.6) is 0 Å². The Hall–Kier alpha value is -0.790. The predicted molar refractivity (Wildman–Crippen MR) is 54.5 cm³/mol. The molecule has 1 atom stereocenters. The molecule has 1 unspecified atom stereocenters. The number of carboxylic acid groups (broad SMARTS) is 1. The normalized spacial score (nSPS) is 31.1. The fraction of sp³-hybridized carbons (Fsp3) is 0.750. The maximum Gasteiger partial charge on any atom is 0.0674 e. The largest absolute Gasteiger partial charge is 0.545 e. The third-order valence-corrected chi connectivity index (χ3v) is 4.13. The quantitative estimate of drug-likeness (QED) is 0.631. The Balaban J connectivity index is 3.00. The topological polar surface area (TPSA) is 40.1 Å². The van der Waals surface area contributed by atoms with Gasteiger partial charge in [0.15, 0.2) is 0 Å². The summed E-state index contributed by atoms with van der Waals surface area (Å²) >= 11 is 0. The van der Waals surface area contributed by atoms with E-state index in [1.807, 2.05) is 6.92 Å². The second-order valence-electron chi connectivity index (χ2n) is 5.19. The first-order chi connectivity index (χ1) is 6.31. The van der Waals surface area contributed by atoms with Crippen molar-refractivity contribution in [2.75, 3.05) is 0 Å². The maximum absolute atomic E-state index is 10.9. The van der Waals surface area contributed by atoms with Crippen LogP contribution in [0, 0.1) is 10.8 Å². The van der Waals surface area contributed by atoms with Gasteiger partial charge in [0.05, 0.1) is 5.97 Å². The standard InChI is InChI=1S/C12H20O2/c1-9(10(13)14)12(4)8-6-5-7-11(12,2)3/h1,5-8H2,2-4H3,(H,13,14)/p-1. The van der Waals surface area contributed by atoms with Crippen LogP contribution in [0.4, 0.5) is 0 Å². The number of carboxylic acids is 1. The minimum absolute atomic E-state index is 0.0163. The van der Waals surface area contributed by atoms with Crippen molar-refractivity contribution in [3.05, 3.63) is 12.2 Å². The van der Waals surface area contributed by atoms with Gasteiger partial charge in [-0.3, -0.25) is 0 Å². The molecule has 0 aromatic carbocycles. The highest BCUT2D eigenvalue weighted by molar-refractivity contribution is 5.85. The Morgan fingerprint density at radius 2 is 1.71 bits per heavy atom. The van der Waals surface area contributed by atoms with E-state index in [1.54, 1.807) is 0 Å². The first-order valence-electron chi connectivity index (χ1n) is 5.22. The van der Waals surface area contributed by atoms with E-state index in [2.05, 4.69) is 20.4 Å². The number of carbonyl (C=O) groups excluding carboxylic acids is 1. The lowest BCUT2D eigenvalue weighted by atomic mass is 9.56. The maximum atomic E-state index is 10.9. The number of rotatable bonds is 2. The Labute approximate surface area is 86.0 Å². The lowest BCUT2D eigenvalue weighted by Crippen LogP contribution is -2.44. The van der Waals surface area contributed by atoms with E-state index in [0.717, 1.165) is 19.3 Å². The van der Waals surface area contributed by atoms with Crippen molar-refractivity contribution >= 4 is 5.97 Å². The minimum Gasteiger partial charge on any atom is -0.545 e. The summed E-state index contributed by atoms with van der Waals surface area (Å²) in [6, 6.07) is 0. The van der Waals surface area contributed by atoms with E-state index >= 15 is 0 Å². The molecule has 1 rings (SSSR count). The molecule has 1 aliphatic carbocycles. The van der Waals surface area contributed by atoms with Gasteiger partial charge in [0.1, 0.15) is 0 Å². The van der Waals surface area contributed by atoms with E-state index < -0.39 is 5.97 Å². The van der Waals surface area contributed by atoms with E-state index in [1.165, 1.54) is 6.42 Å². The Morgan fingerprint density at radius 1 is 1.21 bits per heavy atom. The lowest BCUT2D eigenvalue weighted by molar-refractivity contribution is -0.301. The van der Waals surface area contributed by atoms with E-state index in [9.17, 15) is 9.90 Å². The minimum atomic E-state index is -1.09. The molecule has 0 radical (unpaired) electrons. The van der Waals surface area contributed by atoms with Gasteiger partial charge in [0, 0.05) is 0 Å². The Kier molecular flexibility index (Phi) is 2.75. The molecule has 1 saturated carbocycles. The molecule has 80 valence electrons. The summed E-state index contributed by atoms with van der Waals surface area (Å²) in [4.78, 5) is 10.9. The summed E-state index contributed by atoms with van der Waals surface area (Å²) in [7, 11) is 0. The van der Waals surface area contributed by atoms with Gasteiger partial charge in [-0.25, -0.2) is 0 Å². The molecule has 0 heterocycles. The van der Waals surface area contributed by atoms with Crippen molar-refractivity contribution in [3.8, 4) is 0 Å². The van der Waals surface area contributed by atoms with Gasteiger partial charge in [-0.15, -0.1) is 0 Å². The molecular formula is C12H19O2-. The summed E-state index contributed by atoms with van der Waals surface area (Å²) in [5, 5.41) is 10.9. The summed E-state index contributed by atoms with van der Waals surface area (Å²) in [6.07, 6.45) is 4.25. The fourth-order valence-electron chi connectivity index (χ4n) is 2.44. The van der Waals surface area contributed by atoms with Gasteiger partial charge in [0.2, 0.25) is 0 Å². The smallest absolute Gasteiger partial charge is 0.0674 e. The van der Waals surface area contributed by atoms with E-state index in [-0.39, 0.29) is 16.4 Å². The van der Waals surface area contributed by atoms with Crippen LogP contribution in [0.1, 0.15) is 46.5 Å². The summed E-state index contributed by atoms with van der Waals surface area (Å²) in [5.74, 6) is -1.09. The summed E-state index contributed by atoms with van der Waals surface area (Å²) in [6.45, 7) is 9.94. The summed E-state index contributed by atoms with van der Waals surface area (Å²) in [5.41, 5.74) is -0.0193. The number of hydrogen-bond donors (Lipinski definition) is 0. The second kappa shape index (κ2) is 3.41. The van der Waals surface area contributed by atoms with Crippen molar-refractivity contribution in [1.29, 1.82) is 0 Å². The average Bonchev–Trinajstić information content (AvgIpc) is 2.08. The zero-order valence-electron chi connectivity index (χ0n) is 9.35. The highest BCUT2D eigenvalue weighted by Gasteiger charge is 2.44. The first-order valence-corrected chi connectivity index (χ1v) is 5.22. The fourth-order valence-corrected chi connectivity index (χ4v) is 2.44. The van der Waals surface area contributed by atoms with Gasteiger partial charge >= 0.3 is 0 Å². The molecule has 0 aromatic heterocycles. The SMILES string of the molecule is C=C(C(=O)[O-])C1(C)CCCCC1(C)C. The van der Waals surface area contributed by atoms with Crippen LogP contribution in [0.3, 0.4) is 0 Å². The molecule has 0 aliphatic heterocycles. The molecule has 1 fully saturated rings. The van der Waals surface area contributed by atoms with Crippen LogP contribution in [-0.4, -0.2) is 5.97 Å². The molecule has 0 aromatic rings. The van der Waals surface area contributed by atoms with Crippen molar-refractivity contribution in [1.82, 2.24) is 0 Å². The molecule has 0 N–H and O–H groups in total. The first kappa shape index (κ1) is 11.3. The second-order valence-corrected chi connectivity index (χ2v) is 5.19. The van der Waals surface area contributed by atoms with Crippen molar-refractivity contribution in [2.45, 2.75) is 46.5 Å². The van der Waals surface area contributed by atoms with Crippen LogP contribution >= 0.6 is 0 Å². The molecular weight excluding hydrogens is 176 g/mol. The molecule has 0 amide bonds. The van der Waals surface area contributed by atoms with Crippen molar-refractivity contribution in [2.24, 2.45) is 10.8 Å².